The molecule has 0 saturated carbocycles. The van der Waals surface area contributed by atoms with E-state index < -0.39 is 10.0 Å². The van der Waals surface area contributed by atoms with Gasteiger partial charge in [0.05, 0.1) is 17.5 Å². The summed E-state index contributed by atoms with van der Waals surface area (Å²) in [7, 11) is -3.85. The highest BCUT2D eigenvalue weighted by Gasteiger charge is 2.27. The van der Waals surface area contributed by atoms with Crippen LogP contribution in [-0.4, -0.2) is 31.7 Å². The number of hydrogen-bond acceptors (Lipinski definition) is 3. The second kappa shape index (κ2) is 11.2. The van der Waals surface area contributed by atoms with Gasteiger partial charge in [-0.1, -0.05) is 74.3 Å². The predicted octanol–water partition coefficient (Wildman–Crippen LogP) is 5.32. The zero-order chi connectivity index (χ0) is 23.1. The van der Waals surface area contributed by atoms with Crippen LogP contribution in [0.1, 0.15) is 24.1 Å². The lowest BCUT2D eigenvalue weighted by molar-refractivity contribution is -0.121. The lowest BCUT2D eigenvalue weighted by Crippen LogP contribution is -2.42. The Morgan fingerprint density at radius 3 is 2.28 bits per heavy atom. The molecule has 3 rings (SSSR count). The molecule has 5 nitrogen and oxygen atoms in total. The largest absolute Gasteiger partial charge is 0.348 e. The summed E-state index contributed by atoms with van der Waals surface area (Å²) < 4.78 is 29.6. The maximum Gasteiger partial charge on any atom is 0.243 e. The standard InChI is InChI=1S/C24H24Br2N2O3S/c1-18(20-8-5-9-22(26)16-20)27-24(29)17-28(15-14-19-6-3-2-4-7-19)32(30,31)23-12-10-21(25)11-13-23/h2-13,16,18H,14-15,17H2,1H3,(H,27,29). The molecule has 0 spiro atoms. The van der Waals surface area contributed by atoms with Gasteiger partial charge in [-0.2, -0.15) is 4.31 Å². The van der Waals surface area contributed by atoms with Crippen molar-refractivity contribution >= 4 is 47.8 Å². The average Bonchev–Trinajstić information content (AvgIpc) is 2.77. The molecule has 0 heterocycles. The molecule has 1 unspecified atom stereocenters. The molecule has 0 aliphatic heterocycles. The maximum atomic E-state index is 13.3. The van der Waals surface area contributed by atoms with E-state index in [1.165, 1.54) is 16.4 Å². The first-order chi connectivity index (χ1) is 15.3. The van der Waals surface area contributed by atoms with E-state index in [9.17, 15) is 13.2 Å². The molecule has 32 heavy (non-hydrogen) atoms. The quantitative estimate of drug-likeness (QED) is 0.373. The first-order valence-electron chi connectivity index (χ1n) is 10.1. The molecule has 0 saturated heterocycles. The summed E-state index contributed by atoms with van der Waals surface area (Å²) in [5, 5.41) is 2.91. The smallest absolute Gasteiger partial charge is 0.243 e. The Hall–Kier alpha value is -2.00. The van der Waals surface area contributed by atoms with Crippen molar-refractivity contribution in [2.45, 2.75) is 24.3 Å². The summed E-state index contributed by atoms with van der Waals surface area (Å²) >= 11 is 6.76. The molecule has 0 aromatic heterocycles. The molecule has 0 bridgehead atoms. The van der Waals surface area contributed by atoms with Crippen LogP contribution in [0.25, 0.3) is 0 Å². The topological polar surface area (TPSA) is 66.5 Å². The Labute approximate surface area is 206 Å². The number of sulfonamides is 1. The van der Waals surface area contributed by atoms with E-state index in [4.69, 9.17) is 0 Å². The van der Waals surface area contributed by atoms with Crippen LogP contribution in [0.15, 0.2) is 92.7 Å². The van der Waals surface area contributed by atoms with Crippen LogP contribution >= 0.6 is 31.9 Å². The molecule has 0 fully saturated rings. The van der Waals surface area contributed by atoms with Gasteiger partial charge in [-0.25, -0.2) is 8.42 Å². The van der Waals surface area contributed by atoms with E-state index in [1.54, 1.807) is 12.1 Å². The molecule has 168 valence electrons. The molecule has 1 atom stereocenters. The van der Waals surface area contributed by atoms with E-state index in [-0.39, 0.29) is 29.9 Å². The maximum absolute atomic E-state index is 13.3. The van der Waals surface area contributed by atoms with E-state index in [0.717, 1.165) is 20.1 Å². The van der Waals surface area contributed by atoms with Crippen molar-refractivity contribution in [2.24, 2.45) is 0 Å². The van der Waals surface area contributed by atoms with Gasteiger partial charge in [-0.15, -0.1) is 0 Å². The van der Waals surface area contributed by atoms with E-state index >= 15 is 0 Å². The van der Waals surface area contributed by atoms with Crippen molar-refractivity contribution in [1.29, 1.82) is 0 Å². The summed E-state index contributed by atoms with van der Waals surface area (Å²) in [5.74, 6) is -0.355. The molecule has 8 heteroatoms. The Morgan fingerprint density at radius 1 is 0.938 bits per heavy atom. The summed E-state index contributed by atoms with van der Waals surface area (Å²) in [5.41, 5.74) is 1.94. The second-order valence-corrected chi connectivity index (χ2v) is 11.1. The lowest BCUT2D eigenvalue weighted by atomic mass is 10.1. The van der Waals surface area contributed by atoms with Gasteiger partial charge in [-0.3, -0.25) is 4.79 Å². The Kier molecular flexibility index (Phi) is 8.64. The number of halogens is 2. The minimum absolute atomic E-state index is 0.154. The van der Waals surface area contributed by atoms with Crippen molar-refractivity contribution in [2.75, 3.05) is 13.1 Å². The monoisotopic (exact) mass is 578 g/mol. The average molecular weight is 580 g/mol. The fourth-order valence-electron chi connectivity index (χ4n) is 3.24. The molecule has 0 aliphatic carbocycles. The summed E-state index contributed by atoms with van der Waals surface area (Å²) in [6.07, 6.45) is 0.505. The minimum atomic E-state index is -3.85. The van der Waals surface area contributed by atoms with Gasteiger partial charge < -0.3 is 5.32 Å². The third-order valence-electron chi connectivity index (χ3n) is 4.99. The number of carbonyl (C=O) groups is 1. The Morgan fingerprint density at radius 2 is 1.62 bits per heavy atom. The number of benzene rings is 3. The first kappa shape index (κ1) is 24.6. The third kappa shape index (κ3) is 6.75. The van der Waals surface area contributed by atoms with Crippen LogP contribution in [0.3, 0.4) is 0 Å². The van der Waals surface area contributed by atoms with Crippen molar-refractivity contribution in [3.8, 4) is 0 Å². The SMILES string of the molecule is CC(NC(=O)CN(CCc1ccccc1)S(=O)(=O)c1ccc(Br)cc1)c1cccc(Br)c1. The molecular weight excluding hydrogens is 556 g/mol. The minimum Gasteiger partial charge on any atom is -0.348 e. The third-order valence-corrected chi connectivity index (χ3v) is 7.87. The normalized spacial score (nSPS) is 12.5. The molecule has 0 aliphatic rings. The predicted molar refractivity (Wildman–Crippen MR) is 134 cm³/mol. The molecule has 0 radical (unpaired) electrons. The van der Waals surface area contributed by atoms with Crippen LogP contribution in [0.2, 0.25) is 0 Å². The second-order valence-electron chi connectivity index (χ2n) is 7.37. The highest BCUT2D eigenvalue weighted by Crippen LogP contribution is 2.21. The van der Waals surface area contributed by atoms with Crippen LogP contribution in [0.4, 0.5) is 0 Å². The van der Waals surface area contributed by atoms with Gasteiger partial charge in [-0.05, 0) is 60.9 Å². The lowest BCUT2D eigenvalue weighted by Gasteiger charge is -2.23. The highest BCUT2D eigenvalue weighted by molar-refractivity contribution is 9.10. The van der Waals surface area contributed by atoms with Crippen molar-refractivity contribution < 1.29 is 13.2 Å². The van der Waals surface area contributed by atoms with Gasteiger partial charge in [0.2, 0.25) is 15.9 Å². The zero-order valence-corrected chi connectivity index (χ0v) is 21.5. The number of rotatable bonds is 9. The molecular formula is C24H24Br2N2O3S. The fraction of sp³-hybridized carbons (Fsp3) is 0.208. The summed E-state index contributed by atoms with van der Waals surface area (Å²) in [6.45, 7) is 1.81. The number of hydrogen-bond donors (Lipinski definition) is 1. The fourth-order valence-corrected chi connectivity index (χ4v) is 5.32. The van der Waals surface area contributed by atoms with E-state index in [2.05, 4.69) is 37.2 Å². The molecule has 3 aromatic rings. The first-order valence-corrected chi connectivity index (χ1v) is 13.1. The summed E-state index contributed by atoms with van der Waals surface area (Å²) in [6, 6.07) is 23.5. The van der Waals surface area contributed by atoms with Crippen LogP contribution in [-0.2, 0) is 21.2 Å². The van der Waals surface area contributed by atoms with Gasteiger partial charge in [0.1, 0.15) is 0 Å². The Bertz CT molecular complexity index is 1150. The number of carbonyl (C=O) groups excluding carboxylic acids is 1. The van der Waals surface area contributed by atoms with Crippen LogP contribution in [0.5, 0.6) is 0 Å². The van der Waals surface area contributed by atoms with Gasteiger partial charge in [0.15, 0.2) is 0 Å². The zero-order valence-electron chi connectivity index (χ0n) is 17.5. The highest BCUT2D eigenvalue weighted by atomic mass is 79.9. The molecule has 3 aromatic carbocycles. The Balaban J connectivity index is 1.78. The van der Waals surface area contributed by atoms with Crippen molar-refractivity contribution in [3.63, 3.8) is 0 Å². The van der Waals surface area contributed by atoms with Gasteiger partial charge in [0, 0.05) is 15.5 Å². The number of nitrogens with zero attached hydrogens (tertiary/aromatic N) is 1. The van der Waals surface area contributed by atoms with Crippen LogP contribution < -0.4 is 5.32 Å². The van der Waals surface area contributed by atoms with Gasteiger partial charge >= 0.3 is 0 Å². The van der Waals surface area contributed by atoms with E-state index in [0.29, 0.717) is 6.42 Å². The number of amides is 1. The molecule has 1 N–H and O–H groups in total. The summed E-state index contributed by atoms with van der Waals surface area (Å²) in [4.78, 5) is 13.0. The van der Waals surface area contributed by atoms with Crippen molar-refractivity contribution in [3.05, 3.63) is 98.9 Å². The number of nitrogens with one attached hydrogen (secondary N) is 1. The van der Waals surface area contributed by atoms with Gasteiger partial charge in [0.25, 0.3) is 0 Å². The molecule has 1 amide bonds. The van der Waals surface area contributed by atoms with E-state index in [1.807, 2.05) is 61.5 Å². The van der Waals surface area contributed by atoms with Crippen molar-refractivity contribution in [1.82, 2.24) is 9.62 Å². The van der Waals surface area contributed by atoms with Crippen LogP contribution in [0, 0.1) is 0 Å².